The van der Waals surface area contributed by atoms with Crippen LogP contribution in [0.3, 0.4) is 0 Å². The lowest BCUT2D eigenvalue weighted by molar-refractivity contribution is -0.146. The number of hydrogen-bond acceptors (Lipinski definition) is 2. The summed E-state index contributed by atoms with van der Waals surface area (Å²) in [6, 6.07) is 2.86. The van der Waals surface area contributed by atoms with Gasteiger partial charge < -0.3 is 10.4 Å². The molecule has 0 amide bonds. The van der Waals surface area contributed by atoms with Gasteiger partial charge in [0.05, 0.1) is 21.7 Å². The third kappa shape index (κ3) is 4.02. The van der Waals surface area contributed by atoms with Crippen LogP contribution in [-0.4, -0.2) is 17.6 Å². The summed E-state index contributed by atoms with van der Waals surface area (Å²) in [6.07, 6.45) is -4.47. The summed E-state index contributed by atoms with van der Waals surface area (Å²) in [5, 5.41) is 11.7. The van der Waals surface area contributed by atoms with Crippen LogP contribution >= 0.6 is 11.6 Å². The molecule has 0 atom stereocenters. The van der Waals surface area contributed by atoms with E-state index < -0.39 is 23.1 Å². The van der Waals surface area contributed by atoms with Crippen LogP contribution in [0.5, 0.6) is 0 Å². The highest BCUT2D eigenvalue weighted by molar-refractivity contribution is 6.33. The maximum Gasteiger partial charge on any atom is 0.416 e. The minimum atomic E-state index is -4.47. The first kappa shape index (κ1) is 15.6. The lowest BCUT2D eigenvalue weighted by Gasteiger charge is -2.21. The third-order valence-corrected chi connectivity index (χ3v) is 2.92. The van der Waals surface area contributed by atoms with Crippen LogP contribution in [0.2, 0.25) is 5.02 Å². The van der Waals surface area contributed by atoms with Crippen LogP contribution in [0.1, 0.15) is 19.4 Å². The zero-order valence-corrected chi connectivity index (χ0v) is 11.1. The van der Waals surface area contributed by atoms with Crippen LogP contribution < -0.4 is 5.32 Å². The van der Waals surface area contributed by atoms with Gasteiger partial charge in [0.15, 0.2) is 0 Å². The summed E-state index contributed by atoms with van der Waals surface area (Å²) in [6.45, 7) is 2.89. The molecular weight excluding hydrogens is 283 g/mol. The number of halogens is 4. The molecule has 0 aliphatic rings. The van der Waals surface area contributed by atoms with E-state index >= 15 is 0 Å². The monoisotopic (exact) mass is 295 g/mol. The second-order valence-electron chi connectivity index (χ2n) is 4.73. The Morgan fingerprint density at radius 3 is 2.42 bits per heavy atom. The second-order valence-corrected chi connectivity index (χ2v) is 5.14. The quantitative estimate of drug-likeness (QED) is 0.886. The lowest BCUT2D eigenvalue weighted by atomic mass is 9.94. The van der Waals surface area contributed by atoms with Crippen molar-refractivity contribution in [2.45, 2.75) is 20.0 Å². The predicted octanol–water partition coefficient (Wildman–Crippen LogP) is 3.88. The molecule has 1 rings (SSSR count). The predicted molar refractivity (Wildman–Crippen MR) is 66.4 cm³/mol. The van der Waals surface area contributed by atoms with Crippen molar-refractivity contribution >= 4 is 23.3 Å². The first-order valence-corrected chi connectivity index (χ1v) is 5.76. The van der Waals surface area contributed by atoms with E-state index in [0.717, 1.165) is 18.2 Å². The molecule has 0 unspecified atom stereocenters. The topological polar surface area (TPSA) is 49.3 Å². The zero-order valence-electron chi connectivity index (χ0n) is 10.3. The molecule has 0 aliphatic carbocycles. The fourth-order valence-corrected chi connectivity index (χ4v) is 1.41. The minimum absolute atomic E-state index is 0.0383. The van der Waals surface area contributed by atoms with Gasteiger partial charge in [-0.25, -0.2) is 0 Å². The van der Waals surface area contributed by atoms with Gasteiger partial charge in [0, 0.05) is 6.54 Å². The fraction of sp³-hybridized carbons (Fsp3) is 0.417. The summed E-state index contributed by atoms with van der Waals surface area (Å²) in [7, 11) is 0. The Morgan fingerprint density at radius 2 is 1.95 bits per heavy atom. The average Bonchev–Trinajstić information content (AvgIpc) is 2.26. The molecule has 1 aromatic carbocycles. The van der Waals surface area contributed by atoms with E-state index in [1.807, 2.05) is 0 Å². The maximum absolute atomic E-state index is 12.5. The standard InChI is InChI=1S/C12H13ClF3NO2/c1-11(2,10(18)19)6-17-9-5-7(12(14,15)16)3-4-8(9)13/h3-5,17H,6H2,1-2H3,(H,18,19). The molecule has 3 nitrogen and oxygen atoms in total. The van der Waals surface area contributed by atoms with Crippen LogP contribution in [0.4, 0.5) is 18.9 Å². The van der Waals surface area contributed by atoms with Gasteiger partial charge in [-0.1, -0.05) is 11.6 Å². The molecule has 2 N–H and O–H groups in total. The molecule has 0 aromatic heterocycles. The van der Waals surface area contributed by atoms with E-state index in [2.05, 4.69) is 5.32 Å². The fourth-order valence-electron chi connectivity index (χ4n) is 1.23. The SMILES string of the molecule is CC(C)(CNc1cc(C(F)(F)F)ccc1Cl)C(=O)O. The van der Waals surface area contributed by atoms with E-state index in [4.69, 9.17) is 16.7 Å². The van der Waals surface area contributed by atoms with Crippen LogP contribution in [0.25, 0.3) is 0 Å². The number of carboxylic acids is 1. The molecule has 0 heterocycles. The summed E-state index contributed by atoms with van der Waals surface area (Å²) in [4.78, 5) is 10.9. The zero-order chi connectivity index (χ0) is 14.8. The highest BCUT2D eigenvalue weighted by Crippen LogP contribution is 2.34. The summed E-state index contributed by atoms with van der Waals surface area (Å²) in [5.41, 5.74) is -1.89. The summed E-state index contributed by atoms with van der Waals surface area (Å²) < 4.78 is 37.6. The van der Waals surface area contributed by atoms with E-state index in [0.29, 0.717) is 0 Å². The molecular formula is C12H13ClF3NO2. The molecule has 0 aliphatic heterocycles. The Labute approximate surface area is 113 Å². The van der Waals surface area contributed by atoms with Gasteiger partial charge in [0.1, 0.15) is 0 Å². The van der Waals surface area contributed by atoms with Crippen LogP contribution in [0, 0.1) is 5.41 Å². The Bertz CT molecular complexity index is 486. The molecule has 7 heteroatoms. The van der Waals surface area contributed by atoms with Crippen molar-refractivity contribution in [1.82, 2.24) is 0 Å². The molecule has 1 aromatic rings. The molecule has 0 saturated carbocycles. The number of anilines is 1. The highest BCUT2D eigenvalue weighted by Gasteiger charge is 2.31. The van der Waals surface area contributed by atoms with Gasteiger partial charge in [-0.05, 0) is 32.0 Å². The van der Waals surface area contributed by atoms with E-state index in [-0.39, 0.29) is 17.3 Å². The van der Waals surface area contributed by atoms with Crippen LogP contribution in [-0.2, 0) is 11.0 Å². The van der Waals surface area contributed by atoms with Gasteiger partial charge >= 0.3 is 12.1 Å². The van der Waals surface area contributed by atoms with Gasteiger partial charge in [-0.15, -0.1) is 0 Å². The Balaban J connectivity index is 2.93. The number of rotatable bonds is 4. The first-order chi connectivity index (χ1) is 8.54. The van der Waals surface area contributed by atoms with Gasteiger partial charge in [-0.2, -0.15) is 13.2 Å². The number of alkyl halides is 3. The number of benzene rings is 1. The van der Waals surface area contributed by atoms with Gasteiger partial charge in [0.2, 0.25) is 0 Å². The van der Waals surface area contributed by atoms with Crippen molar-refractivity contribution in [2.75, 3.05) is 11.9 Å². The average molecular weight is 296 g/mol. The molecule has 0 fully saturated rings. The largest absolute Gasteiger partial charge is 0.481 e. The number of hydrogen-bond donors (Lipinski definition) is 2. The maximum atomic E-state index is 12.5. The number of carboxylic acid groups (broad SMARTS) is 1. The number of nitrogens with one attached hydrogen (secondary N) is 1. The highest BCUT2D eigenvalue weighted by atomic mass is 35.5. The van der Waals surface area contributed by atoms with Gasteiger partial charge in [0.25, 0.3) is 0 Å². The van der Waals surface area contributed by atoms with E-state index in [9.17, 15) is 18.0 Å². The number of carbonyl (C=O) groups is 1. The Kier molecular flexibility index (Phi) is 4.35. The molecule has 0 radical (unpaired) electrons. The minimum Gasteiger partial charge on any atom is -0.481 e. The molecule has 0 bridgehead atoms. The lowest BCUT2D eigenvalue weighted by Crippen LogP contribution is -2.31. The van der Waals surface area contributed by atoms with Crippen molar-refractivity contribution in [3.05, 3.63) is 28.8 Å². The van der Waals surface area contributed by atoms with Crippen molar-refractivity contribution in [1.29, 1.82) is 0 Å². The van der Waals surface area contributed by atoms with E-state index in [1.165, 1.54) is 13.8 Å². The molecule has 0 saturated heterocycles. The van der Waals surface area contributed by atoms with E-state index in [1.54, 1.807) is 0 Å². The molecule has 0 spiro atoms. The molecule has 106 valence electrons. The van der Waals surface area contributed by atoms with Crippen molar-refractivity contribution < 1.29 is 23.1 Å². The first-order valence-electron chi connectivity index (χ1n) is 5.38. The summed E-state index contributed by atoms with van der Waals surface area (Å²) >= 11 is 5.78. The van der Waals surface area contributed by atoms with Crippen molar-refractivity contribution in [2.24, 2.45) is 5.41 Å². The van der Waals surface area contributed by atoms with Crippen LogP contribution in [0.15, 0.2) is 18.2 Å². The molecule has 19 heavy (non-hydrogen) atoms. The Hall–Kier alpha value is -1.43. The normalized spacial score (nSPS) is 12.3. The van der Waals surface area contributed by atoms with Crippen molar-refractivity contribution in [3.63, 3.8) is 0 Å². The smallest absolute Gasteiger partial charge is 0.416 e. The van der Waals surface area contributed by atoms with Gasteiger partial charge in [-0.3, -0.25) is 4.79 Å². The number of aliphatic carboxylic acids is 1. The third-order valence-electron chi connectivity index (χ3n) is 2.59. The second kappa shape index (κ2) is 5.28. The van der Waals surface area contributed by atoms with Crippen molar-refractivity contribution in [3.8, 4) is 0 Å². The Morgan fingerprint density at radius 1 is 1.37 bits per heavy atom. The summed E-state index contributed by atoms with van der Waals surface area (Å²) in [5.74, 6) is -1.05.